The molecular weight excluding hydrogens is 364 g/mol. The molecule has 0 radical (unpaired) electrons. The van der Waals surface area contributed by atoms with E-state index in [0.29, 0.717) is 0 Å². The number of benzene rings is 1. The summed E-state index contributed by atoms with van der Waals surface area (Å²) in [5.74, 6) is -1.55. The Hall–Kier alpha value is -2.85. The topological polar surface area (TPSA) is 126 Å². The first kappa shape index (κ1) is 19.5. The van der Waals surface area contributed by atoms with E-state index in [-0.39, 0.29) is 33.4 Å². The lowest BCUT2D eigenvalue weighted by atomic mass is 10.1. The van der Waals surface area contributed by atoms with Gasteiger partial charge < -0.3 is 19.6 Å². The Bertz CT molecular complexity index is 961. The number of aromatic carboxylic acids is 1. The number of aryl methyl sites for hydroxylation is 1. The zero-order chi connectivity index (χ0) is 19.6. The van der Waals surface area contributed by atoms with Crippen molar-refractivity contribution in [1.82, 2.24) is 4.31 Å². The summed E-state index contributed by atoms with van der Waals surface area (Å²) in [7, 11) is 0.203. The molecule has 2 rings (SSSR count). The number of hydrogen-bond acceptors (Lipinski definition) is 6. The van der Waals surface area contributed by atoms with Crippen LogP contribution in [0.2, 0.25) is 0 Å². The maximum absolute atomic E-state index is 12.4. The second-order valence-electron chi connectivity index (χ2n) is 5.50. The lowest BCUT2D eigenvalue weighted by Gasteiger charge is -2.09. The van der Waals surface area contributed by atoms with Gasteiger partial charge in [0.25, 0.3) is 15.9 Å². The van der Waals surface area contributed by atoms with E-state index >= 15 is 0 Å². The Morgan fingerprint density at radius 3 is 2.38 bits per heavy atom. The second-order valence-corrected chi connectivity index (χ2v) is 7.58. The molecule has 0 aliphatic carbocycles. The number of rotatable bonds is 6. The van der Waals surface area contributed by atoms with Gasteiger partial charge in [-0.3, -0.25) is 4.79 Å². The molecule has 0 spiro atoms. The van der Waals surface area contributed by atoms with Gasteiger partial charge in [0.1, 0.15) is 17.1 Å². The standard InChI is InChI=1S/C16H18N2O7S/c1-9-12(8-14(25-9)26(22,23)18(2)3)15(19)17-10-5-6-11(16(20)21)13(7-10)24-4/h5-8H,1-4H3,(H,17,19)(H,20,21). The molecule has 140 valence electrons. The number of carboxylic acid groups (broad SMARTS) is 1. The van der Waals surface area contributed by atoms with Crippen LogP contribution in [0.3, 0.4) is 0 Å². The van der Waals surface area contributed by atoms with Crippen LogP contribution in [0.15, 0.2) is 33.8 Å². The Kier molecular flexibility index (Phi) is 5.38. The normalized spacial score (nSPS) is 11.4. The minimum absolute atomic E-state index is 0.0479. The molecule has 0 fully saturated rings. The van der Waals surface area contributed by atoms with E-state index in [1.807, 2.05) is 0 Å². The zero-order valence-electron chi connectivity index (χ0n) is 14.6. The summed E-state index contributed by atoms with van der Waals surface area (Å²) < 4.78 is 35.4. The molecule has 0 saturated heterocycles. The number of amides is 1. The van der Waals surface area contributed by atoms with Crippen molar-refractivity contribution in [3.63, 3.8) is 0 Å². The summed E-state index contributed by atoms with van der Waals surface area (Å²) in [4.78, 5) is 23.5. The van der Waals surface area contributed by atoms with E-state index in [4.69, 9.17) is 14.3 Å². The molecule has 2 aromatic rings. The van der Waals surface area contributed by atoms with E-state index in [1.54, 1.807) is 0 Å². The summed E-state index contributed by atoms with van der Waals surface area (Å²) in [5.41, 5.74) is 0.283. The van der Waals surface area contributed by atoms with Crippen molar-refractivity contribution in [2.24, 2.45) is 0 Å². The third-order valence-corrected chi connectivity index (χ3v) is 5.24. The predicted octanol–water partition coefficient (Wildman–Crippen LogP) is 1.80. The van der Waals surface area contributed by atoms with E-state index < -0.39 is 21.9 Å². The van der Waals surface area contributed by atoms with Gasteiger partial charge in [0.05, 0.1) is 12.7 Å². The SMILES string of the molecule is COc1cc(NC(=O)c2cc(S(=O)(=O)N(C)C)oc2C)ccc1C(=O)O. The van der Waals surface area contributed by atoms with E-state index in [1.165, 1.54) is 46.3 Å². The molecule has 1 aromatic carbocycles. The fourth-order valence-corrected chi connectivity index (χ4v) is 2.99. The number of furan rings is 1. The van der Waals surface area contributed by atoms with Gasteiger partial charge in [-0.05, 0) is 19.1 Å². The first-order chi connectivity index (χ1) is 12.1. The van der Waals surface area contributed by atoms with Crippen LogP contribution < -0.4 is 10.1 Å². The number of carbonyl (C=O) groups is 2. The van der Waals surface area contributed by atoms with Crippen LogP contribution in [-0.2, 0) is 10.0 Å². The highest BCUT2D eigenvalue weighted by Gasteiger charge is 2.26. The summed E-state index contributed by atoms with van der Waals surface area (Å²) in [6.07, 6.45) is 0. The average Bonchev–Trinajstić information content (AvgIpc) is 2.96. The predicted molar refractivity (Wildman–Crippen MR) is 92.2 cm³/mol. The van der Waals surface area contributed by atoms with Gasteiger partial charge in [-0.25, -0.2) is 17.5 Å². The maximum Gasteiger partial charge on any atom is 0.339 e. The van der Waals surface area contributed by atoms with Crippen LogP contribution in [0, 0.1) is 6.92 Å². The molecule has 0 atom stereocenters. The molecular formula is C16H18N2O7S. The average molecular weight is 382 g/mol. The number of nitrogens with one attached hydrogen (secondary N) is 1. The maximum atomic E-state index is 12.4. The van der Waals surface area contributed by atoms with E-state index in [9.17, 15) is 18.0 Å². The van der Waals surface area contributed by atoms with Crippen molar-refractivity contribution in [3.05, 3.63) is 41.2 Å². The zero-order valence-corrected chi connectivity index (χ0v) is 15.4. The molecule has 26 heavy (non-hydrogen) atoms. The summed E-state index contributed by atoms with van der Waals surface area (Å²) in [6, 6.07) is 5.19. The van der Waals surface area contributed by atoms with Crippen LogP contribution in [0.4, 0.5) is 5.69 Å². The molecule has 0 saturated carbocycles. The number of carboxylic acids is 1. The van der Waals surface area contributed by atoms with E-state index in [0.717, 1.165) is 10.4 Å². The Balaban J connectivity index is 2.31. The highest BCUT2D eigenvalue weighted by molar-refractivity contribution is 7.88. The number of anilines is 1. The number of methoxy groups -OCH3 is 1. The van der Waals surface area contributed by atoms with Crippen LogP contribution in [0.5, 0.6) is 5.75 Å². The van der Waals surface area contributed by atoms with E-state index in [2.05, 4.69) is 5.32 Å². The quantitative estimate of drug-likeness (QED) is 0.780. The first-order valence-corrected chi connectivity index (χ1v) is 8.77. The van der Waals surface area contributed by atoms with Crippen molar-refractivity contribution < 1.29 is 32.3 Å². The number of ether oxygens (including phenoxy) is 1. The third-order valence-electron chi connectivity index (χ3n) is 3.56. The third kappa shape index (κ3) is 3.70. The molecule has 0 aliphatic heterocycles. The fourth-order valence-electron chi connectivity index (χ4n) is 2.13. The lowest BCUT2D eigenvalue weighted by molar-refractivity contribution is 0.0693. The van der Waals surface area contributed by atoms with Gasteiger partial charge in [-0.1, -0.05) is 0 Å². The van der Waals surface area contributed by atoms with Gasteiger partial charge >= 0.3 is 5.97 Å². The molecule has 0 aliphatic rings. The number of sulfonamides is 1. The van der Waals surface area contributed by atoms with Gasteiger partial charge in [0.15, 0.2) is 0 Å². The fraction of sp³-hybridized carbons (Fsp3) is 0.250. The van der Waals surface area contributed by atoms with Gasteiger partial charge in [-0.15, -0.1) is 0 Å². The largest absolute Gasteiger partial charge is 0.496 e. The molecule has 2 N–H and O–H groups in total. The highest BCUT2D eigenvalue weighted by Crippen LogP contribution is 2.25. The minimum Gasteiger partial charge on any atom is -0.496 e. The van der Waals surface area contributed by atoms with Crippen LogP contribution in [-0.4, -0.2) is 50.9 Å². The molecule has 9 nitrogen and oxygen atoms in total. The molecule has 1 heterocycles. The van der Waals surface area contributed by atoms with Crippen molar-refractivity contribution in [1.29, 1.82) is 0 Å². The van der Waals surface area contributed by atoms with Crippen molar-refractivity contribution >= 4 is 27.6 Å². The minimum atomic E-state index is -3.81. The molecule has 1 amide bonds. The first-order valence-electron chi connectivity index (χ1n) is 7.33. The molecule has 0 unspecified atom stereocenters. The second kappa shape index (κ2) is 7.18. The molecule has 10 heteroatoms. The van der Waals surface area contributed by atoms with Gasteiger partial charge in [0, 0.05) is 31.9 Å². The number of nitrogens with zero attached hydrogens (tertiary/aromatic N) is 1. The molecule has 1 aromatic heterocycles. The van der Waals surface area contributed by atoms with Crippen molar-refractivity contribution in [3.8, 4) is 5.75 Å². The summed E-state index contributed by atoms with van der Waals surface area (Å²) in [5, 5.41) is 11.3. The number of carbonyl (C=O) groups excluding carboxylic acids is 1. The van der Waals surface area contributed by atoms with Crippen LogP contribution in [0.25, 0.3) is 0 Å². The lowest BCUT2D eigenvalue weighted by Crippen LogP contribution is -2.21. The number of hydrogen-bond donors (Lipinski definition) is 2. The van der Waals surface area contributed by atoms with Gasteiger partial charge in [-0.2, -0.15) is 0 Å². The molecule has 0 bridgehead atoms. The monoisotopic (exact) mass is 382 g/mol. The Labute approximate surface area is 150 Å². The Morgan fingerprint density at radius 1 is 1.19 bits per heavy atom. The van der Waals surface area contributed by atoms with Crippen molar-refractivity contribution in [2.75, 3.05) is 26.5 Å². The Morgan fingerprint density at radius 2 is 1.85 bits per heavy atom. The highest BCUT2D eigenvalue weighted by atomic mass is 32.2. The van der Waals surface area contributed by atoms with Gasteiger partial charge in [0.2, 0.25) is 5.09 Å². The summed E-state index contributed by atoms with van der Waals surface area (Å²) >= 11 is 0. The van der Waals surface area contributed by atoms with Crippen LogP contribution >= 0.6 is 0 Å². The van der Waals surface area contributed by atoms with Crippen LogP contribution in [0.1, 0.15) is 26.5 Å². The van der Waals surface area contributed by atoms with Crippen molar-refractivity contribution in [2.45, 2.75) is 12.0 Å². The summed E-state index contributed by atoms with van der Waals surface area (Å²) in [6.45, 7) is 1.47. The smallest absolute Gasteiger partial charge is 0.339 e.